The molecule has 0 fully saturated rings. The third-order valence-corrected chi connectivity index (χ3v) is 3.19. The van der Waals surface area contributed by atoms with E-state index in [1.807, 2.05) is 12.1 Å². The number of para-hydroxylation sites is 1. The van der Waals surface area contributed by atoms with Gasteiger partial charge >= 0.3 is 5.97 Å². The summed E-state index contributed by atoms with van der Waals surface area (Å²) in [6, 6.07) is 11.8. The molecule has 0 saturated carbocycles. The van der Waals surface area contributed by atoms with Gasteiger partial charge in [-0.25, -0.2) is 9.78 Å². The van der Waals surface area contributed by atoms with E-state index in [1.54, 1.807) is 18.2 Å². The van der Waals surface area contributed by atoms with E-state index >= 15 is 0 Å². The largest absolute Gasteiger partial charge is 0.464 e. The van der Waals surface area contributed by atoms with Crippen LogP contribution in [0.5, 0.6) is 0 Å². The maximum Gasteiger partial charge on any atom is 0.356 e. The molecular formula is C14H11BrN2O3. The van der Waals surface area contributed by atoms with E-state index in [-0.39, 0.29) is 11.4 Å². The molecule has 1 aromatic carbocycles. The lowest BCUT2D eigenvalue weighted by atomic mass is 10.2. The number of methoxy groups -OCH3 is 1. The van der Waals surface area contributed by atoms with Crippen LogP contribution in [0.25, 0.3) is 0 Å². The molecule has 1 aromatic heterocycles. The average Bonchev–Trinajstić information content (AvgIpc) is 2.49. The van der Waals surface area contributed by atoms with Crippen LogP contribution in [0.4, 0.5) is 5.69 Å². The summed E-state index contributed by atoms with van der Waals surface area (Å²) >= 11 is 3.34. The van der Waals surface area contributed by atoms with Crippen molar-refractivity contribution in [1.82, 2.24) is 4.98 Å². The van der Waals surface area contributed by atoms with Gasteiger partial charge in [0.25, 0.3) is 5.91 Å². The SMILES string of the molecule is COC(=O)c1cccc(C(=O)Nc2ccccc2Br)n1. The highest BCUT2D eigenvalue weighted by Gasteiger charge is 2.13. The van der Waals surface area contributed by atoms with E-state index in [9.17, 15) is 9.59 Å². The van der Waals surface area contributed by atoms with Crippen LogP contribution in [-0.2, 0) is 4.74 Å². The summed E-state index contributed by atoms with van der Waals surface area (Å²) in [5, 5.41) is 2.71. The van der Waals surface area contributed by atoms with Gasteiger partial charge in [0.05, 0.1) is 12.8 Å². The summed E-state index contributed by atoms with van der Waals surface area (Å²) < 4.78 is 5.33. The van der Waals surface area contributed by atoms with Gasteiger partial charge in [-0.3, -0.25) is 4.79 Å². The lowest BCUT2D eigenvalue weighted by Gasteiger charge is -2.07. The van der Waals surface area contributed by atoms with E-state index in [0.717, 1.165) is 4.47 Å². The molecular weight excluding hydrogens is 324 g/mol. The molecule has 0 aliphatic carbocycles. The predicted molar refractivity (Wildman–Crippen MR) is 77.7 cm³/mol. The highest BCUT2D eigenvalue weighted by molar-refractivity contribution is 9.10. The molecule has 1 heterocycles. The minimum Gasteiger partial charge on any atom is -0.464 e. The first-order valence-electron chi connectivity index (χ1n) is 5.73. The minimum absolute atomic E-state index is 0.0901. The van der Waals surface area contributed by atoms with Gasteiger partial charge in [-0.1, -0.05) is 18.2 Å². The van der Waals surface area contributed by atoms with Crippen LogP contribution < -0.4 is 5.32 Å². The van der Waals surface area contributed by atoms with Gasteiger partial charge in [0.1, 0.15) is 11.4 Å². The third kappa shape index (κ3) is 3.21. The van der Waals surface area contributed by atoms with Crippen LogP contribution in [0, 0.1) is 0 Å². The number of nitrogens with one attached hydrogen (secondary N) is 1. The molecule has 1 N–H and O–H groups in total. The summed E-state index contributed by atoms with van der Waals surface area (Å²) in [6.07, 6.45) is 0. The van der Waals surface area contributed by atoms with Crippen molar-refractivity contribution >= 4 is 33.5 Å². The number of benzene rings is 1. The Kier molecular flexibility index (Phi) is 4.47. The van der Waals surface area contributed by atoms with Crippen LogP contribution >= 0.6 is 15.9 Å². The molecule has 2 rings (SSSR count). The number of rotatable bonds is 3. The zero-order valence-corrected chi connectivity index (χ0v) is 12.2. The van der Waals surface area contributed by atoms with Crippen LogP contribution in [-0.4, -0.2) is 24.0 Å². The number of anilines is 1. The normalized spacial score (nSPS) is 9.90. The van der Waals surface area contributed by atoms with Crippen molar-refractivity contribution in [2.75, 3.05) is 12.4 Å². The van der Waals surface area contributed by atoms with Crippen molar-refractivity contribution < 1.29 is 14.3 Å². The molecule has 0 unspecified atom stereocenters. The third-order valence-electron chi connectivity index (χ3n) is 2.50. The quantitative estimate of drug-likeness (QED) is 0.876. The van der Waals surface area contributed by atoms with E-state index in [0.29, 0.717) is 5.69 Å². The van der Waals surface area contributed by atoms with E-state index in [4.69, 9.17) is 0 Å². The van der Waals surface area contributed by atoms with Gasteiger partial charge in [-0.15, -0.1) is 0 Å². The molecule has 0 atom stereocenters. The van der Waals surface area contributed by atoms with Crippen molar-refractivity contribution in [3.05, 3.63) is 58.3 Å². The van der Waals surface area contributed by atoms with Crippen LogP contribution in [0.3, 0.4) is 0 Å². The van der Waals surface area contributed by atoms with Crippen LogP contribution in [0.15, 0.2) is 46.9 Å². The second-order valence-corrected chi connectivity index (χ2v) is 4.69. The van der Waals surface area contributed by atoms with Crippen molar-refractivity contribution in [3.63, 3.8) is 0 Å². The molecule has 6 heteroatoms. The zero-order valence-electron chi connectivity index (χ0n) is 10.6. The molecule has 0 aliphatic heterocycles. The second-order valence-electron chi connectivity index (χ2n) is 3.83. The van der Waals surface area contributed by atoms with E-state index in [1.165, 1.54) is 19.2 Å². The van der Waals surface area contributed by atoms with Gasteiger partial charge in [0.2, 0.25) is 0 Å². The number of hydrogen-bond acceptors (Lipinski definition) is 4. The Balaban J connectivity index is 2.22. The second kappa shape index (κ2) is 6.29. The van der Waals surface area contributed by atoms with E-state index in [2.05, 4.69) is 31.0 Å². The Morgan fingerprint density at radius 3 is 2.50 bits per heavy atom. The monoisotopic (exact) mass is 334 g/mol. The molecule has 0 spiro atoms. The number of amides is 1. The molecule has 0 saturated heterocycles. The topological polar surface area (TPSA) is 68.3 Å². The maximum atomic E-state index is 12.1. The summed E-state index contributed by atoms with van der Waals surface area (Å²) in [5.74, 6) is -0.983. The molecule has 0 aliphatic rings. The Morgan fingerprint density at radius 2 is 1.80 bits per heavy atom. The smallest absolute Gasteiger partial charge is 0.356 e. The van der Waals surface area contributed by atoms with Gasteiger partial charge in [0, 0.05) is 4.47 Å². The Hall–Kier alpha value is -2.21. The molecule has 20 heavy (non-hydrogen) atoms. The number of pyridine rings is 1. The predicted octanol–water partition coefficient (Wildman–Crippen LogP) is 2.88. The van der Waals surface area contributed by atoms with Crippen molar-refractivity contribution in [3.8, 4) is 0 Å². The first-order valence-corrected chi connectivity index (χ1v) is 6.52. The first kappa shape index (κ1) is 14.2. The van der Waals surface area contributed by atoms with Crippen LogP contribution in [0.2, 0.25) is 0 Å². The van der Waals surface area contributed by atoms with Gasteiger partial charge in [0.15, 0.2) is 0 Å². The van der Waals surface area contributed by atoms with Gasteiger partial charge in [-0.05, 0) is 40.2 Å². The number of carbonyl (C=O) groups excluding carboxylic acids is 2. The van der Waals surface area contributed by atoms with Crippen molar-refractivity contribution in [2.45, 2.75) is 0 Å². The summed E-state index contributed by atoms with van der Waals surface area (Å²) in [4.78, 5) is 27.4. The number of hydrogen-bond donors (Lipinski definition) is 1. The lowest BCUT2D eigenvalue weighted by Crippen LogP contribution is -2.16. The molecule has 5 nitrogen and oxygen atoms in total. The lowest BCUT2D eigenvalue weighted by molar-refractivity contribution is 0.0594. The molecule has 0 bridgehead atoms. The number of halogens is 1. The number of esters is 1. The fourth-order valence-corrected chi connectivity index (χ4v) is 1.91. The highest BCUT2D eigenvalue weighted by atomic mass is 79.9. The number of ether oxygens (including phenoxy) is 1. The summed E-state index contributed by atoms with van der Waals surface area (Å²) in [6.45, 7) is 0. The number of aromatic nitrogens is 1. The molecule has 0 radical (unpaired) electrons. The maximum absolute atomic E-state index is 12.1. The summed E-state index contributed by atoms with van der Waals surface area (Å²) in [5.41, 5.74) is 0.860. The van der Waals surface area contributed by atoms with Crippen molar-refractivity contribution in [2.24, 2.45) is 0 Å². The van der Waals surface area contributed by atoms with E-state index < -0.39 is 11.9 Å². The van der Waals surface area contributed by atoms with Gasteiger partial charge in [-0.2, -0.15) is 0 Å². The fraction of sp³-hybridized carbons (Fsp3) is 0.0714. The fourth-order valence-electron chi connectivity index (χ4n) is 1.53. The molecule has 2 aromatic rings. The number of nitrogens with zero attached hydrogens (tertiary/aromatic N) is 1. The number of carbonyl (C=O) groups is 2. The standard InChI is InChI=1S/C14H11BrN2O3/c1-20-14(19)12-8-4-7-11(16-12)13(18)17-10-6-3-2-5-9(10)15/h2-8H,1H3,(H,17,18). The molecule has 102 valence electrons. The van der Waals surface area contributed by atoms with Gasteiger partial charge < -0.3 is 10.1 Å². The average molecular weight is 335 g/mol. The Labute approximate surface area is 124 Å². The molecule has 1 amide bonds. The minimum atomic E-state index is -0.583. The Morgan fingerprint density at radius 1 is 1.10 bits per heavy atom. The Bertz CT molecular complexity index is 658. The highest BCUT2D eigenvalue weighted by Crippen LogP contribution is 2.21. The zero-order chi connectivity index (χ0) is 14.5. The van der Waals surface area contributed by atoms with Crippen molar-refractivity contribution in [1.29, 1.82) is 0 Å². The van der Waals surface area contributed by atoms with Crippen LogP contribution in [0.1, 0.15) is 21.0 Å². The first-order chi connectivity index (χ1) is 9.61. The summed E-state index contributed by atoms with van der Waals surface area (Å²) in [7, 11) is 1.26.